The largest absolute Gasteiger partial charge is 0.465 e. The van der Waals surface area contributed by atoms with Crippen molar-refractivity contribution in [2.75, 3.05) is 7.11 Å². The van der Waals surface area contributed by atoms with Crippen molar-refractivity contribution in [1.29, 1.82) is 0 Å². The molecule has 1 aromatic heterocycles. The molecule has 3 nitrogen and oxygen atoms in total. The molecule has 0 radical (unpaired) electrons. The lowest BCUT2D eigenvalue weighted by Crippen LogP contribution is -2.05. The molecule has 0 unspecified atom stereocenters. The predicted octanol–water partition coefficient (Wildman–Crippen LogP) is 4.63. The van der Waals surface area contributed by atoms with E-state index in [0.29, 0.717) is 10.6 Å². The Morgan fingerprint density at radius 2 is 1.80 bits per heavy atom. The Morgan fingerprint density at radius 1 is 1.20 bits per heavy atom. The molecule has 0 bridgehead atoms. The molecule has 0 atom stereocenters. The van der Waals surface area contributed by atoms with Gasteiger partial charge in [-0.15, -0.1) is 0 Å². The van der Waals surface area contributed by atoms with Gasteiger partial charge in [0.1, 0.15) is 0 Å². The topological polar surface area (TPSA) is 39.2 Å². The molecule has 0 amide bonds. The van der Waals surface area contributed by atoms with Gasteiger partial charge in [-0.1, -0.05) is 34.8 Å². The maximum atomic E-state index is 13.2. The van der Waals surface area contributed by atoms with E-state index in [-0.39, 0.29) is 21.2 Å². The minimum Gasteiger partial charge on any atom is -0.465 e. The fourth-order valence-electron chi connectivity index (χ4n) is 1.71. The van der Waals surface area contributed by atoms with Crippen LogP contribution in [0.3, 0.4) is 0 Å². The van der Waals surface area contributed by atoms with Gasteiger partial charge in [0.05, 0.1) is 22.7 Å². The minimum atomic E-state index is -0.810. The summed E-state index contributed by atoms with van der Waals surface area (Å²) < 4.78 is 17.8. The van der Waals surface area contributed by atoms with Gasteiger partial charge < -0.3 is 4.74 Å². The number of carbonyl (C=O) groups is 1. The smallest absolute Gasteiger partial charge is 0.338 e. The van der Waals surface area contributed by atoms with E-state index in [1.807, 2.05) is 0 Å². The normalized spacial score (nSPS) is 10.4. The molecule has 0 N–H and O–H groups in total. The van der Waals surface area contributed by atoms with Crippen LogP contribution in [0.4, 0.5) is 4.39 Å². The van der Waals surface area contributed by atoms with E-state index in [4.69, 9.17) is 34.8 Å². The molecule has 0 saturated carbocycles. The number of benzene rings is 1. The molecule has 2 aromatic rings. The first-order chi connectivity index (χ1) is 9.43. The summed E-state index contributed by atoms with van der Waals surface area (Å²) in [7, 11) is 1.19. The van der Waals surface area contributed by atoms with E-state index >= 15 is 0 Å². The van der Waals surface area contributed by atoms with Crippen LogP contribution in [0.1, 0.15) is 10.4 Å². The molecule has 7 heteroatoms. The fraction of sp³-hybridized carbons (Fsp3) is 0.0769. The standard InChI is InChI=1S/C13H7Cl3FNO2/c1-20-13(19)7-4-11(17)18-5-8(7)12-9(15)2-6(14)3-10(12)16/h2-5H,1H3. The molecule has 0 aliphatic rings. The van der Waals surface area contributed by atoms with Crippen molar-refractivity contribution >= 4 is 40.8 Å². The third-order valence-corrected chi connectivity index (χ3v) is 3.37. The Kier molecular flexibility index (Phi) is 4.48. The second-order valence-corrected chi connectivity index (χ2v) is 5.04. The summed E-state index contributed by atoms with van der Waals surface area (Å²) in [4.78, 5) is 15.2. The molecule has 1 heterocycles. The van der Waals surface area contributed by atoms with Gasteiger partial charge in [-0.05, 0) is 12.1 Å². The van der Waals surface area contributed by atoms with Gasteiger partial charge in [-0.25, -0.2) is 9.78 Å². The van der Waals surface area contributed by atoms with Crippen LogP contribution in [0.2, 0.25) is 15.1 Å². The highest BCUT2D eigenvalue weighted by atomic mass is 35.5. The lowest BCUT2D eigenvalue weighted by Gasteiger charge is -2.11. The Morgan fingerprint density at radius 3 is 2.35 bits per heavy atom. The van der Waals surface area contributed by atoms with E-state index in [2.05, 4.69) is 9.72 Å². The van der Waals surface area contributed by atoms with Crippen molar-refractivity contribution in [3.05, 3.63) is 51.0 Å². The van der Waals surface area contributed by atoms with Gasteiger partial charge >= 0.3 is 5.97 Å². The number of ether oxygens (including phenoxy) is 1. The average molecular weight is 335 g/mol. The number of nitrogens with zero attached hydrogens (tertiary/aromatic N) is 1. The number of rotatable bonds is 2. The van der Waals surface area contributed by atoms with Crippen molar-refractivity contribution < 1.29 is 13.9 Å². The summed E-state index contributed by atoms with van der Waals surface area (Å²) in [6, 6.07) is 3.89. The van der Waals surface area contributed by atoms with Crippen molar-refractivity contribution in [1.82, 2.24) is 4.98 Å². The minimum absolute atomic E-state index is 0.0221. The Balaban J connectivity index is 2.73. The molecular weight excluding hydrogens is 328 g/mol. The zero-order chi connectivity index (χ0) is 14.9. The number of methoxy groups -OCH3 is 1. The molecule has 0 saturated heterocycles. The van der Waals surface area contributed by atoms with Gasteiger partial charge in [0.15, 0.2) is 0 Å². The average Bonchev–Trinajstić information content (AvgIpc) is 2.38. The van der Waals surface area contributed by atoms with Crippen LogP contribution in [0, 0.1) is 5.95 Å². The molecule has 104 valence electrons. The van der Waals surface area contributed by atoms with Crippen molar-refractivity contribution in [3.8, 4) is 11.1 Å². The number of esters is 1. The van der Waals surface area contributed by atoms with E-state index < -0.39 is 11.9 Å². The molecule has 2 rings (SSSR count). The Hall–Kier alpha value is -1.36. The third kappa shape index (κ3) is 2.87. The maximum absolute atomic E-state index is 13.2. The van der Waals surface area contributed by atoms with Crippen LogP contribution in [-0.2, 0) is 4.74 Å². The number of hydrogen-bond acceptors (Lipinski definition) is 3. The second kappa shape index (κ2) is 5.95. The van der Waals surface area contributed by atoms with Crippen molar-refractivity contribution in [3.63, 3.8) is 0 Å². The zero-order valence-corrected chi connectivity index (χ0v) is 12.4. The van der Waals surface area contributed by atoms with Crippen LogP contribution >= 0.6 is 34.8 Å². The van der Waals surface area contributed by atoms with Crippen LogP contribution in [0.15, 0.2) is 24.4 Å². The lowest BCUT2D eigenvalue weighted by atomic mass is 10.0. The molecule has 1 aromatic carbocycles. The van der Waals surface area contributed by atoms with Crippen molar-refractivity contribution in [2.45, 2.75) is 0 Å². The zero-order valence-electron chi connectivity index (χ0n) is 10.1. The fourth-order valence-corrected chi connectivity index (χ4v) is 2.73. The Bertz CT molecular complexity index is 668. The van der Waals surface area contributed by atoms with Gasteiger partial charge in [0.2, 0.25) is 5.95 Å². The Labute approximate surface area is 129 Å². The van der Waals surface area contributed by atoms with Crippen LogP contribution in [-0.4, -0.2) is 18.1 Å². The monoisotopic (exact) mass is 333 g/mol. The van der Waals surface area contributed by atoms with Gasteiger partial charge in [-0.3, -0.25) is 0 Å². The van der Waals surface area contributed by atoms with Crippen molar-refractivity contribution in [2.24, 2.45) is 0 Å². The number of pyridine rings is 1. The summed E-state index contributed by atoms with van der Waals surface area (Å²) in [5, 5.41) is 0.792. The maximum Gasteiger partial charge on any atom is 0.338 e. The molecule has 0 fully saturated rings. The molecule has 0 spiro atoms. The molecule has 0 aliphatic carbocycles. The number of halogens is 4. The summed E-state index contributed by atoms with van der Waals surface area (Å²) in [5.41, 5.74) is 0.585. The van der Waals surface area contributed by atoms with Gasteiger partial charge in [0, 0.05) is 28.4 Å². The predicted molar refractivity (Wildman–Crippen MR) is 76.0 cm³/mol. The lowest BCUT2D eigenvalue weighted by molar-refractivity contribution is 0.0601. The summed E-state index contributed by atoms with van der Waals surface area (Å²) >= 11 is 18.0. The van der Waals surface area contributed by atoms with E-state index in [0.717, 1.165) is 6.07 Å². The van der Waals surface area contributed by atoms with Crippen LogP contribution in [0.25, 0.3) is 11.1 Å². The number of hydrogen-bond donors (Lipinski definition) is 0. The molecular formula is C13H7Cl3FNO2. The molecule has 20 heavy (non-hydrogen) atoms. The SMILES string of the molecule is COC(=O)c1cc(F)ncc1-c1c(Cl)cc(Cl)cc1Cl. The highest BCUT2D eigenvalue weighted by molar-refractivity contribution is 6.42. The molecule has 0 aliphatic heterocycles. The number of carbonyl (C=O) groups excluding carboxylic acids is 1. The summed E-state index contributed by atoms with van der Waals surface area (Å²) in [5.74, 6) is -1.53. The first-order valence-electron chi connectivity index (χ1n) is 5.32. The second-order valence-electron chi connectivity index (χ2n) is 3.79. The highest BCUT2D eigenvalue weighted by Gasteiger charge is 2.20. The van der Waals surface area contributed by atoms with E-state index in [9.17, 15) is 9.18 Å². The van der Waals surface area contributed by atoms with Gasteiger partial charge in [0.25, 0.3) is 0 Å². The first kappa shape index (κ1) is 15.0. The van der Waals surface area contributed by atoms with Crippen LogP contribution < -0.4 is 0 Å². The summed E-state index contributed by atoms with van der Waals surface area (Å²) in [6.07, 6.45) is 1.17. The van der Waals surface area contributed by atoms with Gasteiger partial charge in [-0.2, -0.15) is 4.39 Å². The number of aromatic nitrogens is 1. The third-order valence-electron chi connectivity index (χ3n) is 2.55. The quantitative estimate of drug-likeness (QED) is 0.593. The highest BCUT2D eigenvalue weighted by Crippen LogP contribution is 2.38. The van der Waals surface area contributed by atoms with E-state index in [1.54, 1.807) is 0 Å². The van der Waals surface area contributed by atoms with Crippen LogP contribution in [0.5, 0.6) is 0 Å². The summed E-state index contributed by atoms with van der Waals surface area (Å²) in [6.45, 7) is 0. The van der Waals surface area contributed by atoms with E-state index in [1.165, 1.54) is 25.4 Å². The first-order valence-corrected chi connectivity index (χ1v) is 6.46.